The third kappa shape index (κ3) is 3.52. The number of aryl methyl sites for hydroxylation is 1. The zero-order valence-electron chi connectivity index (χ0n) is 11.2. The van der Waals surface area contributed by atoms with Crippen LogP contribution in [0.25, 0.3) is 10.9 Å². The van der Waals surface area contributed by atoms with E-state index in [0.717, 1.165) is 4.68 Å². The van der Waals surface area contributed by atoms with Gasteiger partial charge in [0.05, 0.1) is 17.4 Å². The number of benzene rings is 1. The van der Waals surface area contributed by atoms with Crippen LogP contribution in [-0.4, -0.2) is 27.2 Å². The van der Waals surface area contributed by atoms with Gasteiger partial charge in [-0.15, -0.1) is 0 Å². The van der Waals surface area contributed by atoms with E-state index in [4.69, 9.17) is 5.73 Å². The number of thiocarbonyl (C=S) groups is 1. The number of nitrogens with zero attached hydrogens (tertiary/aromatic N) is 2. The predicted molar refractivity (Wildman–Crippen MR) is 83.0 cm³/mol. The monoisotopic (exact) mass is 306 g/mol. The predicted octanol–water partition coefficient (Wildman–Crippen LogP) is -0.887. The molecule has 0 unspecified atom stereocenters. The molecule has 0 atom stereocenters. The Morgan fingerprint density at radius 1 is 1.43 bits per heavy atom. The van der Waals surface area contributed by atoms with Gasteiger partial charge in [-0.05, 0) is 31.3 Å². The third-order valence-electron chi connectivity index (χ3n) is 2.64. The zero-order valence-corrected chi connectivity index (χ0v) is 12.0. The summed E-state index contributed by atoms with van der Waals surface area (Å²) < 4.78 is 1.10. The minimum atomic E-state index is -0.443. The molecule has 1 amide bonds. The first-order valence-corrected chi connectivity index (χ1v) is 6.46. The van der Waals surface area contributed by atoms with Gasteiger partial charge in [-0.1, -0.05) is 12.1 Å². The molecule has 0 saturated carbocycles. The first-order valence-electron chi connectivity index (χ1n) is 6.05. The number of para-hydroxylation sites is 1. The van der Waals surface area contributed by atoms with E-state index in [1.807, 2.05) is 0 Å². The van der Waals surface area contributed by atoms with Crippen molar-refractivity contribution in [2.75, 3.05) is 12.0 Å². The van der Waals surface area contributed by atoms with Gasteiger partial charge in [0.1, 0.15) is 5.82 Å². The van der Waals surface area contributed by atoms with Gasteiger partial charge in [0.2, 0.25) is 0 Å². The Hall–Kier alpha value is -2.52. The van der Waals surface area contributed by atoms with E-state index in [2.05, 4.69) is 33.5 Å². The highest BCUT2D eigenvalue weighted by Gasteiger charge is 2.10. The Kier molecular flexibility index (Phi) is 4.45. The summed E-state index contributed by atoms with van der Waals surface area (Å²) in [6.07, 6.45) is 0. The lowest BCUT2D eigenvalue weighted by molar-refractivity contribution is -0.116. The smallest absolute Gasteiger partial charge is 0.280 e. The topological polar surface area (TPSA) is 114 Å². The Balaban J connectivity index is 2.20. The number of rotatable bonds is 4. The summed E-state index contributed by atoms with van der Waals surface area (Å²) in [4.78, 5) is 28.3. The van der Waals surface area contributed by atoms with Crippen molar-refractivity contribution < 1.29 is 4.79 Å². The molecule has 0 fully saturated rings. The van der Waals surface area contributed by atoms with Crippen molar-refractivity contribution in [2.45, 2.75) is 6.92 Å². The molecule has 1 heterocycles. The molecule has 2 rings (SSSR count). The fourth-order valence-corrected chi connectivity index (χ4v) is 1.82. The number of carbonyl (C=O) groups is 1. The second kappa shape index (κ2) is 6.29. The molecule has 0 saturated heterocycles. The molecule has 0 aliphatic rings. The third-order valence-corrected chi connectivity index (χ3v) is 2.74. The lowest BCUT2D eigenvalue weighted by Crippen LogP contribution is -2.46. The summed E-state index contributed by atoms with van der Waals surface area (Å²) in [5, 5.41) is 0.445. The van der Waals surface area contributed by atoms with Crippen LogP contribution in [0.2, 0.25) is 0 Å². The molecular weight excluding hydrogens is 292 g/mol. The van der Waals surface area contributed by atoms with Gasteiger partial charge >= 0.3 is 0 Å². The molecule has 9 heteroatoms. The Morgan fingerprint density at radius 3 is 2.86 bits per heavy atom. The van der Waals surface area contributed by atoms with Crippen LogP contribution < -0.4 is 27.6 Å². The molecule has 1 aromatic carbocycles. The van der Waals surface area contributed by atoms with Gasteiger partial charge in [-0.3, -0.25) is 20.4 Å². The SMILES string of the molecule is Cc1nc2ccccc2c(=O)n1NC(=O)CNNC(N)=S. The molecule has 5 N–H and O–H groups in total. The highest BCUT2D eigenvalue weighted by molar-refractivity contribution is 7.80. The molecule has 0 radical (unpaired) electrons. The van der Waals surface area contributed by atoms with Crippen molar-refractivity contribution in [3.05, 3.63) is 40.4 Å². The number of amides is 1. The molecular formula is C12H14N6O2S. The van der Waals surface area contributed by atoms with Crippen LogP contribution in [0.15, 0.2) is 29.1 Å². The molecule has 8 nitrogen and oxygen atoms in total. The molecule has 0 spiro atoms. The number of fused-ring (bicyclic) bond motifs is 1. The molecule has 21 heavy (non-hydrogen) atoms. The average molecular weight is 306 g/mol. The largest absolute Gasteiger partial charge is 0.375 e. The second-order valence-electron chi connectivity index (χ2n) is 4.19. The minimum Gasteiger partial charge on any atom is -0.375 e. The van der Waals surface area contributed by atoms with Gasteiger partial charge in [0.15, 0.2) is 5.11 Å². The van der Waals surface area contributed by atoms with Gasteiger partial charge in [0.25, 0.3) is 11.5 Å². The molecule has 2 aromatic rings. The summed E-state index contributed by atoms with van der Waals surface area (Å²) in [5.74, 6) is -0.0598. The Labute approximate surface area is 125 Å². The summed E-state index contributed by atoms with van der Waals surface area (Å²) in [6.45, 7) is 1.52. The van der Waals surface area contributed by atoms with E-state index < -0.39 is 5.91 Å². The van der Waals surface area contributed by atoms with Crippen molar-refractivity contribution in [2.24, 2.45) is 5.73 Å². The van der Waals surface area contributed by atoms with Gasteiger partial charge in [0, 0.05) is 0 Å². The lowest BCUT2D eigenvalue weighted by Gasteiger charge is -2.12. The van der Waals surface area contributed by atoms with Crippen LogP contribution in [0.5, 0.6) is 0 Å². The minimum absolute atomic E-state index is 0.0171. The zero-order chi connectivity index (χ0) is 15.4. The fraction of sp³-hybridized carbons (Fsp3) is 0.167. The molecule has 0 aliphatic heterocycles. The summed E-state index contributed by atoms with van der Waals surface area (Å²) in [5.41, 5.74) is 12.8. The summed E-state index contributed by atoms with van der Waals surface area (Å²) >= 11 is 4.58. The van der Waals surface area contributed by atoms with E-state index in [0.29, 0.717) is 16.7 Å². The molecule has 0 bridgehead atoms. The van der Waals surface area contributed by atoms with E-state index >= 15 is 0 Å². The van der Waals surface area contributed by atoms with Crippen LogP contribution in [-0.2, 0) is 4.79 Å². The average Bonchev–Trinajstić information content (AvgIpc) is 2.43. The van der Waals surface area contributed by atoms with Gasteiger partial charge < -0.3 is 5.73 Å². The maximum absolute atomic E-state index is 12.3. The Bertz CT molecular complexity index is 757. The van der Waals surface area contributed by atoms with Gasteiger partial charge in [-0.25, -0.2) is 15.1 Å². The van der Waals surface area contributed by atoms with E-state index in [-0.39, 0.29) is 17.2 Å². The maximum Gasteiger partial charge on any atom is 0.280 e. The second-order valence-corrected chi connectivity index (χ2v) is 4.63. The normalized spacial score (nSPS) is 10.3. The van der Waals surface area contributed by atoms with Crippen molar-refractivity contribution in [1.82, 2.24) is 20.5 Å². The maximum atomic E-state index is 12.3. The molecule has 110 valence electrons. The number of hydrazine groups is 1. The van der Waals surface area contributed by atoms with Crippen LogP contribution in [0.4, 0.5) is 0 Å². The van der Waals surface area contributed by atoms with E-state index in [1.54, 1.807) is 31.2 Å². The van der Waals surface area contributed by atoms with Crippen LogP contribution >= 0.6 is 12.2 Å². The van der Waals surface area contributed by atoms with Crippen molar-refractivity contribution in [1.29, 1.82) is 0 Å². The van der Waals surface area contributed by atoms with E-state index in [9.17, 15) is 9.59 Å². The molecule has 1 aromatic heterocycles. The molecule has 0 aliphatic carbocycles. The van der Waals surface area contributed by atoms with Crippen LogP contribution in [0.1, 0.15) is 5.82 Å². The Morgan fingerprint density at radius 2 is 2.14 bits per heavy atom. The fourth-order valence-electron chi connectivity index (χ4n) is 1.75. The van der Waals surface area contributed by atoms with Crippen molar-refractivity contribution in [3.63, 3.8) is 0 Å². The van der Waals surface area contributed by atoms with E-state index in [1.165, 1.54) is 0 Å². The number of aromatic nitrogens is 2. The first-order chi connectivity index (χ1) is 9.99. The first kappa shape index (κ1) is 14.9. The standard InChI is InChI=1S/C12H14N6O2S/c1-7-15-9-5-3-2-4-8(9)11(20)18(7)17-10(19)6-14-16-12(13)21/h2-5,14H,6H2,1H3,(H,17,19)(H3,13,16,21). The number of carbonyl (C=O) groups excluding carboxylic acids is 1. The van der Waals surface area contributed by atoms with Crippen LogP contribution in [0.3, 0.4) is 0 Å². The van der Waals surface area contributed by atoms with Crippen LogP contribution in [0, 0.1) is 6.92 Å². The number of hydrogen-bond acceptors (Lipinski definition) is 5. The number of nitrogens with one attached hydrogen (secondary N) is 3. The lowest BCUT2D eigenvalue weighted by atomic mass is 10.2. The quantitative estimate of drug-likeness (QED) is 0.428. The highest BCUT2D eigenvalue weighted by Crippen LogP contribution is 2.06. The summed E-state index contributed by atoms with van der Waals surface area (Å²) in [7, 11) is 0. The number of hydrogen-bond donors (Lipinski definition) is 4. The van der Waals surface area contributed by atoms with Crippen molar-refractivity contribution in [3.8, 4) is 0 Å². The highest BCUT2D eigenvalue weighted by atomic mass is 32.1. The van der Waals surface area contributed by atoms with Crippen molar-refractivity contribution >= 4 is 34.1 Å². The number of nitrogens with two attached hydrogens (primary N) is 1. The van der Waals surface area contributed by atoms with Gasteiger partial charge in [-0.2, -0.15) is 0 Å². The summed E-state index contributed by atoms with van der Waals surface area (Å²) in [6, 6.07) is 6.92.